The number of H-pyrrole nitrogens is 2. The summed E-state index contributed by atoms with van der Waals surface area (Å²) in [7, 11) is 1.46. The van der Waals surface area contributed by atoms with Gasteiger partial charge in [-0.15, -0.1) is 0 Å². The molecule has 0 atom stereocenters. The summed E-state index contributed by atoms with van der Waals surface area (Å²) in [5.74, 6) is 0.311. The number of aromatic amines is 2. The standard InChI is InChI=1S/C17H14FN3O3/c1-7-12(8(2)24-21-7)14-11(23-3)6-9-13-10(4-5-19-17(13)22)20-16(9)15(14)18/h4-6,20H,1-3H3,(H,19,22). The van der Waals surface area contributed by atoms with Crippen molar-refractivity contribution in [2.45, 2.75) is 13.8 Å². The van der Waals surface area contributed by atoms with Gasteiger partial charge in [-0.05, 0) is 26.0 Å². The highest BCUT2D eigenvalue weighted by molar-refractivity contribution is 6.09. The number of aromatic nitrogens is 3. The SMILES string of the molecule is COc1cc2c([nH]c3cc[nH]c(=O)c32)c(F)c1-c1c(C)noc1C. The van der Waals surface area contributed by atoms with E-state index in [0.717, 1.165) is 0 Å². The van der Waals surface area contributed by atoms with E-state index in [1.54, 1.807) is 26.0 Å². The fourth-order valence-electron chi connectivity index (χ4n) is 3.16. The number of aryl methyl sites for hydroxylation is 2. The van der Waals surface area contributed by atoms with E-state index >= 15 is 4.39 Å². The molecule has 3 aromatic heterocycles. The molecule has 0 radical (unpaired) electrons. The predicted molar refractivity (Wildman–Crippen MR) is 87.9 cm³/mol. The first-order valence-corrected chi connectivity index (χ1v) is 7.35. The molecule has 0 unspecified atom stereocenters. The van der Waals surface area contributed by atoms with Gasteiger partial charge in [-0.25, -0.2) is 4.39 Å². The minimum atomic E-state index is -0.505. The van der Waals surface area contributed by atoms with Crippen molar-refractivity contribution in [3.05, 3.63) is 46.0 Å². The summed E-state index contributed by atoms with van der Waals surface area (Å²) < 4.78 is 25.9. The van der Waals surface area contributed by atoms with Crippen molar-refractivity contribution in [2.75, 3.05) is 7.11 Å². The molecule has 7 heteroatoms. The highest BCUT2D eigenvalue weighted by Crippen LogP contribution is 2.41. The number of ether oxygens (including phenoxy) is 1. The highest BCUT2D eigenvalue weighted by Gasteiger charge is 2.24. The summed E-state index contributed by atoms with van der Waals surface area (Å²) in [4.78, 5) is 17.7. The van der Waals surface area contributed by atoms with E-state index in [1.165, 1.54) is 13.3 Å². The zero-order valence-corrected chi connectivity index (χ0v) is 13.3. The Morgan fingerprint density at radius 1 is 1.29 bits per heavy atom. The predicted octanol–water partition coefficient (Wildman–Crippen LogP) is 3.43. The zero-order chi connectivity index (χ0) is 17.0. The van der Waals surface area contributed by atoms with Crippen LogP contribution in [0.4, 0.5) is 4.39 Å². The van der Waals surface area contributed by atoms with Crippen LogP contribution < -0.4 is 10.3 Å². The van der Waals surface area contributed by atoms with E-state index in [4.69, 9.17) is 9.26 Å². The minimum absolute atomic E-state index is 0.248. The summed E-state index contributed by atoms with van der Waals surface area (Å²) >= 11 is 0. The molecule has 2 N–H and O–H groups in total. The number of rotatable bonds is 2. The molecule has 0 aliphatic heterocycles. The maximum absolute atomic E-state index is 15.3. The van der Waals surface area contributed by atoms with Gasteiger partial charge in [0.2, 0.25) is 0 Å². The summed E-state index contributed by atoms with van der Waals surface area (Å²) in [6, 6.07) is 3.35. The molecule has 4 aromatic rings. The summed E-state index contributed by atoms with van der Waals surface area (Å²) in [5.41, 5.74) is 1.91. The second kappa shape index (κ2) is 4.95. The number of benzene rings is 1. The van der Waals surface area contributed by atoms with Crippen molar-refractivity contribution in [2.24, 2.45) is 0 Å². The van der Waals surface area contributed by atoms with Crippen LogP contribution in [0.1, 0.15) is 11.5 Å². The lowest BCUT2D eigenvalue weighted by molar-refractivity contribution is 0.393. The van der Waals surface area contributed by atoms with Crippen LogP contribution in [0.5, 0.6) is 5.75 Å². The smallest absolute Gasteiger partial charge is 0.258 e. The zero-order valence-electron chi connectivity index (χ0n) is 13.3. The molecule has 0 amide bonds. The van der Waals surface area contributed by atoms with Crippen LogP contribution in [0.15, 0.2) is 27.6 Å². The Morgan fingerprint density at radius 2 is 2.08 bits per heavy atom. The third kappa shape index (κ3) is 1.81. The van der Waals surface area contributed by atoms with Crippen molar-refractivity contribution >= 4 is 21.8 Å². The van der Waals surface area contributed by atoms with Crippen LogP contribution in [0.2, 0.25) is 0 Å². The van der Waals surface area contributed by atoms with Gasteiger partial charge >= 0.3 is 0 Å². The first-order chi connectivity index (χ1) is 11.5. The lowest BCUT2D eigenvalue weighted by Gasteiger charge is -2.10. The first kappa shape index (κ1) is 14.5. The highest BCUT2D eigenvalue weighted by atomic mass is 19.1. The monoisotopic (exact) mass is 327 g/mol. The van der Waals surface area contributed by atoms with Gasteiger partial charge in [-0.1, -0.05) is 5.16 Å². The summed E-state index contributed by atoms with van der Waals surface area (Å²) in [6.45, 7) is 3.46. The van der Waals surface area contributed by atoms with Gasteiger partial charge in [-0.3, -0.25) is 4.79 Å². The van der Waals surface area contributed by atoms with Crippen molar-refractivity contribution in [1.29, 1.82) is 0 Å². The van der Waals surface area contributed by atoms with Gasteiger partial charge in [0.25, 0.3) is 5.56 Å². The average Bonchev–Trinajstić information content (AvgIpc) is 3.09. The van der Waals surface area contributed by atoms with Gasteiger partial charge in [-0.2, -0.15) is 0 Å². The first-order valence-electron chi connectivity index (χ1n) is 7.35. The molecule has 6 nitrogen and oxygen atoms in total. The fraction of sp³-hybridized carbons (Fsp3) is 0.176. The summed E-state index contributed by atoms with van der Waals surface area (Å²) in [6.07, 6.45) is 1.52. The van der Waals surface area contributed by atoms with E-state index in [1.807, 2.05) is 0 Å². The molecule has 0 aliphatic carbocycles. The van der Waals surface area contributed by atoms with E-state index in [-0.39, 0.29) is 16.6 Å². The molecule has 0 bridgehead atoms. The van der Waals surface area contributed by atoms with E-state index < -0.39 is 5.82 Å². The van der Waals surface area contributed by atoms with E-state index in [0.29, 0.717) is 39.1 Å². The fourth-order valence-corrected chi connectivity index (χ4v) is 3.16. The lowest BCUT2D eigenvalue weighted by atomic mass is 10.00. The molecule has 0 aliphatic rings. The molecule has 0 spiro atoms. The maximum atomic E-state index is 15.3. The molecule has 0 saturated heterocycles. The molecule has 122 valence electrons. The Hall–Kier alpha value is -3.09. The Morgan fingerprint density at radius 3 is 2.75 bits per heavy atom. The van der Waals surface area contributed by atoms with Gasteiger partial charge in [0.05, 0.1) is 40.4 Å². The second-order valence-corrected chi connectivity index (χ2v) is 5.61. The average molecular weight is 327 g/mol. The van der Waals surface area contributed by atoms with Crippen LogP contribution in [0.3, 0.4) is 0 Å². The van der Waals surface area contributed by atoms with Gasteiger partial charge < -0.3 is 19.2 Å². The quantitative estimate of drug-likeness (QED) is 0.591. The van der Waals surface area contributed by atoms with Crippen LogP contribution in [-0.2, 0) is 0 Å². The van der Waals surface area contributed by atoms with Gasteiger partial charge in [0.15, 0.2) is 5.82 Å². The lowest BCUT2D eigenvalue weighted by Crippen LogP contribution is -2.03. The topological polar surface area (TPSA) is 83.9 Å². The molecule has 4 rings (SSSR count). The molecule has 0 fully saturated rings. The van der Waals surface area contributed by atoms with Gasteiger partial charge in [0, 0.05) is 11.6 Å². The maximum Gasteiger partial charge on any atom is 0.258 e. The van der Waals surface area contributed by atoms with Crippen LogP contribution in [0, 0.1) is 19.7 Å². The Kier molecular flexibility index (Phi) is 2.99. The van der Waals surface area contributed by atoms with Crippen molar-refractivity contribution < 1.29 is 13.7 Å². The van der Waals surface area contributed by atoms with Crippen molar-refractivity contribution in [3.8, 4) is 16.9 Å². The molecule has 0 saturated carbocycles. The Labute approximate surface area is 135 Å². The number of halogens is 1. The normalized spacial score (nSPS) is 11.5. The van der Waals surface area contributed by atoms with Crippen LogP contribution >= 0.6 is 0 Å². The van der Waals surface area contributed by atoms with Gasteiger partial charge in [0.1, 0.15) is 11.5 Å². The number of pyridine rings is 1. The Balaban J connectivity index is 2.20. The van der Waals surface area contributed by atoms with E-state index in [2.05, 4.69) is 15.1 Å². The number of fused-ring (bicyclic) bond motifs is 3. The minimum Gasteiger partial charge on any atom is -0.496 e. The Bertz CT molecular complexity index is 1130. The second-order valence-electron chi connectivity index (χ2n) is 5.61. The molecular weight excluding hydrogens is 313 g/mol. The summed E-state index contributed by atoms with van der Waals surface area (Å²) in [5, 5.41) is 4.75. The molecule has 3 heterocycles. The number of hydrogen-bond acceptors (Lipinski definition) is 4. The number of methoxy groups -OCH3 is 1. The molecule has 1 aromatic carbocycles. The van der Waals surface area contributed by atoms with E-state index in [9.17, 15) is 4.79 Å². The van der Waals surface area contributed by atoms with Crippen molar-refractivity contribution in [3.63, 3.8) is 0 Å². The third-order valence-electron chi connectivity index (χ3n) is 4.22. The molecular formula is C17H14FN3O3. The molecule has 24 heavy (non-hydrogen) atoms. The number of hydrogen-bond donors (Lipinski definition) is 2. The number of nitrogens with one attached hydrogen (secondary N) is 2. The number of nitrogens with zero attached hydrogens (tertiary/aromatic N) is 1. The third-order valence-corrected chi connectivity index (χ3v) is 4.22. The largest absolute Gasteiger partial charge is 0.496 e. The van der Waals surface area contributed by atoms with Crippen LogP contribution in [0.25, 0.3) is 32.9 Å². The van der Waals surface area contributed by atoms with Crippen LogP contribution in [-0.4, -0.2) is 22.2 Å². The van der Waals surface area contributed by atoms with Crippen molar-refractivity contribution in [1.82, 2.24) is 15.1 Å².